The molecule has 1 fully saturated rings. The minimum Gasteiger partial charge on any atom is -0.380 e. The van der Waals surface area contributed by atoms with Gasteiger partial charge in [-0.05, 0) is 18.4 Å². The first-order chi connectivity index (χ1) is 11.8. The summed E-state index contributed by atoms with van der Waals surface area (Å²) in [5.41, 5.74) is 2.14. The summed E-state index contributed by atoms with van der Waals surface area (Å²) in [6, 6.07) is 10.8. The summed E-state index contributed by atoms with van der Waals surface area (Å²) in [6.07, 6.45) is 7.64. The Morgan fingerprint density at radius 3 is 2.92 bits per heavy atom. The van der Waals surface area contributed by atoms with Crippen molar-refractivity contribution in [3.63, 3.8) is 0 Å². The summed E-state index contributed by atoms with van der Waals surface area (Å²) >= 11 is 0. The van der Waals surface area contributed by atoms with Gasteiger partial charge in [-0.15, -0.1) is 10.2 Å². The molecule has 2 atom stereocenters. The zero-order chi connectivity index (χ0) is 16.4. The van der Waals surface area contributed by atoms with Gasteiger partial charge in [-0.3, -0.25) is 14.3 Å². The molecular weight excluding hydrogens is 302 g/mol. The van der Waals surface area contributed by atoms with Crippen LogP contribution in [0.5, 0.6) is 0 Å². The number of rotatable bonds is 5. The molecule has 6 heteroatoms. The number of benzene rings is 1. The third-order valence-electron chi connectivity index (χ3n) is 4.77. The molecule has 0 spiro atoms. The number of aromatic nitrogens is 4. The lowest BCUT2D eigenvalue weighted by Crippen LogP contribution is -2.28. The predicted octanol–water partition coefficient (Wildman–Crippen LogP) is 2.13. The third kappa shape index (κ3) is 2.90. The van der Waals surface area contributed by atoms with Gasteiger partial charge in [-0.1, -0.05) is 30.3 Å². The van der Waals surface area contributed by atoms with E-state index in [-0.39, 0.29) is 12.1 Å². The lowest BCUT2D eigenvalue weighted by atomic mass is 10.1. The topological polar surface area (TPSA) is 55.6 Å². The Hall–Kier alpha value is -2.31. The van der Waals surface area contributed by atoms with Crippen molar-refractivity contribution in [1.29, 1.82) is 0 Å². The maximum absolute atomic E-state index is 5.62. The Morgan fingerprint density at radius 2 is 2.08 bits per heavy atom. The molecule has 0 N–H and O–H groups in total. The van der Waals surface area contributed by atoms with Gasteiger partial charge in [0.2, 0.25) is 0 Å². The largest absolute Gasteiger partial charge is 0.380 e. The summed E-state index contributed by atoms with van der Waals surface area (Å²) in [7, 11) is 1.79. The van der Waals surface area contributed by atoms with E-state index in [1.807, 2.05) is 10.6 Å². The number of nitrogens with zero attached hydrogens (tertiary/aromatic N) is 5. The van der Waals surface area contributed by atoms with E-state index in [0.717, 1.165) is 37.4 Å². The van der Waals surface area contributed by atoms with Crippen LogP contribution in [0.1, 0.15) is 23.9 Å². The summed E-state index contributed by atoms with van der Waals surface area (Å²) in [6.45, 7) is 1.91. The second kappa shape index (κ2) is 6.67. The normalized spacial score (nSPS) is 21.5. The van der Waals surface area contributed by atoms with E-state index in [1.54, 1.807) is 19.5 Å². The molecular formula is C18H21N5O. The van der Waals surface area contributed by atoms with E-state index in [1.165, 1.54) is 5.56 Å². The Morgan fingerprint density at radius 1 is 1.21 bits per heavy atom. The number of methoxy groups -OCH3 is 1. The van der Waals surface area contributed by atoms with Crippen molar-refractivity contribution in [1.82, 2.24) is 24.5 Å². The lowest BCUT2D eigenvalue weighted by Gasteiger charge is -2.22. The number of hydrogen-bond acceptors (Lipinski definition) is 5. The molecule has 0 bridgehead atoms. The van der Waals surface area contributed by atoms with Crippen LogP contribution in [0.15, 0.2) is 48.9 Å². The van der Waals surface area contributed by atoms with E-state index in [4.69, 9.17) is 4.74 Å². The van der Waals surface area contributed by atoms with Gasteiger partial charge in [0.15, 0.2) is 11.5 Å². The van der Waals surface area contributed by atoms with Crippen LogP contribution in [0.2, 0.25) is 0 Å². The highest BCUT2D eigenvalue weighted by Gasteiger charge is 2.35. The first-order valence-electron chi connectivity index (χ1n) is 8.30. The zero-order valence-corrected chi connectivity index (χ0v) is 13.7. The molecule has 4 rings (SSSR count). The highest BCUT2D eigenvalue weighted by Crippen LogP contribution is 2.32. The predicted molar refractivity (Wildman–Crippen MR) is 90.7 cm³/mol. The molecule has 0 radical (unpaired) electrons. The molecule has 0 unspecified atom stereocenters. The van der Waals surface area contributed by atoms with Crippen molar-refractivity contribution in [3.8, 4) is 0 Å². The molecule has 1 saturated heterocycles. The minimum absolute atomic E-state index is 0.219. The van der Waals surface area contributed by atoms with E-state index in [2.05, 4.69) is 50.4 Å². The third-order valence-corrected chi connectivity index (χ3v) is 4.77. The van der Waals surface area contributed by atoms with Crippen LogP contribution in [0, 0.1) is 0 Å². The molecule has 24 heavy (non-hydrogen) atoms. The fraction of sp³-hybridized carbons (Fsp3) is 0.389. The van der Waals surface area contributed by atoms with Gasteiger partial charge in [0.25, 0.3) is 0 Å². The number of hydrogen-bond donors (Lipinski definition) is 0. The van der Waals surface area contributed by atoms with Crippen LogP contribution in [-0.4, -0.2) is 50.8 Å². The molecule has 3 heterocycles. The van der Waals surface area contributed by atoms with Crippen molar-refractivity contribution >= 4 is 5.65 Å². The lowest BCUT2D eigenvalue weighted by molar-refractivity contribution is 0.108. The van der Waals surface area contributed by atoms with E-state index >= 15 is 0 Å². The quantitative estimate of drug-likeness (QED) is 0.720. The van der Waals surface area contributed by atoms with Gasteiger partial charge in [-0.2, -0.15) is 0 Å². The van der Waals surface area contributed by atoms with Crippen molar-refractivity contribution in [3.05, 3.63) is 60.3 Å². The maximum Gasteiger partial charge on any atom is 0.179 e. The van der Waals surface area contributed by atoms with Crippen molar-refractivity contribution in [2.24, 2.45) is 0 Å². The zero-order valence-electron chi connectivity index (χ0n) is 13.7. The highest BCUT2D eigenvalue weighted by molar-refractivity contribution is 5.34. The van der Waals surface area contributed by atoms with Crippen molar-refractivity contribution in [2.45, 2.75) is 25.0 Å². The Balaban J connectivity index is 1.57. The van der Waals surface area contributed by atoms with Crippen LogP contribution in [0.3, 0.4) is 0 Å². The van der Waals surface area contributed by atoms with Crippen LogP contribution < -0.4 is 0 Å². The molecule has 2 aromatic heterocycles. The van der Waals surface area contributed by atoms with E-state index in [0.29, 0.717) is 0 Å². The smallest absolute Gasteiger partial charge is 0.179 e. The van der Waals surface area contributed by atoms with Gasteiger partial charge < -0.3 is 4.74 Å². The fourth-order valence-corrected chi connectivity index (χ4v) is 3.46. The summed E-state index contributed by atoms with van der Waals surface area (Å²) in [5, 5.41) is 8.68. The SMILES string of the molecule is CO[C@@H]1C[C@@H](c2nnc3cnccn23)N(CCc2ccccc2)C1. The maximum atomic E-state index is 5.62. The minimum atomic E-state index is 0.219. The van der Waals surface area contributed by atoms with Gasteiger partial charge in [0.1, 0.15) is 0 Å². The Labute approximate surface area is 141 Å². The highest BCUT2D eigenvalue weighted by atomic mass is 16.5. The number of likely N-dealkylation sites (tertiary alicyclic amines) is 1. The molecule has 124 valence electrons. The summed E-state index contributed by atoms with van der Waals surface area (Å²) < 4.78 is 7.66. The first kappa shape index (κ1) is 15.2. The Kier molecular flexibility index (Phi) is 4.23. The molecule has 1 aromatic carbocycles. The molecule has 6 nitrogen and oxygen atoms in total. The second-order valence-corrected chi connectivity index (χ2v) is 6.20. The van der Waals surface area contributed by atoms with E-state index < -0.39 is 0 Å². The summed E-state index contributed by atoms with van der Waals surface area (Å²) in [5.74, 6) is 0.972. The van der Waals surface area contributed by atoms with Gasteiger partial charge in [-0.25, -0.2) is 0 Å². The molecule has 0 aliphatic carbocycles. The first-order valence-corrected chi connectivity index (χ1v) is 8.30. The molecule has 1 aliphatic rings. The van der Waals surface area contributed by atoms with Crippen molar-refractivity contribution < 1.29 is 4.74 Å². The molecule has 0 saturated carbocycles. The molecule has 0 amide bonds. The van der Waals surface area contributed by atoms with Crippen LogP contribution in [0.25, 0.3) is 5.65 Å². The molecule has 3 aromatic rings. The Bertz CT molecular complexity index is 803. The van der Waals surface area contributed by atoms with Crippen LogP contribution in [0.4, 0.5) is 0 Å². The van der Waals surface area contributed by atoms with Crippen LogP contribution in [-0.2, 0) is 11.2 Å². The number of ether oxygens (including phenoxy) is 1. The molecule has 1 aliphatic heterocycles. The fourth-order valence-electron chi connectivity index (χ4n) is 3.46. The van der Waals surface area contributed by atoms with Gasteiger partial charge in [0, 0.05) is 32.6 Å². The van der Waals surface area contributed by atoms with Crippen LogP contribution >= 0.6 is 0 Å². The average Bonchev–Trinajstić information content (AvgIpc) is 3.24. The standard InChI is InChI=1S/C18H21N5O/c1-24-15-11-16(18-21-20-17-12-19-8-10-23(17)18)22(13-15)9-7-14-5-3-2-4-6-14/h2-6,8,10,12,15-16H,7,9,11,13H2,1H3/t15-,16+/m1/s1. The summed E-state index contributed by atoms with van der Waals surface area (Å²) in [4.78, 5) is 6.57. The van der Waals surface area contributed by atoms with Gasteiger partial charge >= 0.3 is 0 Å². The average molecular weight is 323 g/mol. The van der Waals surface area contributed by atoms with Crippen molar-refractivity contribution in [2.75, 3.05) is 20.2 Å². The monoisotopic (exact) mass is 323 g/mol. The number of fused-ring (bicyclic) bond motifs is 1. The van der Waals surface area contributed by atoms with Gasteiger partial charge in [0.05, 0.1) is 18.3 Å². The van der Waals surface area contributed by atoms with E-state index in [9.17, 15) is 0 Å². The second-order valence-electron chi connectivity index (χ2n) is 6.20.